The van der Waals surface area contributed by atoms with Crippen LogP contribution >= 0.6 is 15.9 Å². The average Bonchev–Trinajstić information content (AvgIpc) is 2.45. The van der Waals surface area contributed by atoms with Crippen molar-refractivity contribution in [3.05, 3.63) is 34.1 Å². The van der Waals surface area contributed by atoms with Gasteiger partial charge in [-0.3, -0.25) is 4.79 Å². The highest BCUT2D eigenvalue weighted by Gasteiger charge is 2.25. The lowest BCUT2D eigenvalue weighted by molar-refractivity contribution is 0.0906. The topological polar surface area (TPSA) is 29.1 Å². The van der Waals surface area contributed by atoms with Crippen molar-refractivity contribution in [3.8, 4) is 0 Å². The van der Waals surface area contributed by atoms with Crippen LogP contribution in [-0.2, 0) is 0 Å². The maximum atomic E-state index is 13.8. The summed E-state index contributed by atoms with van der Waals surface area (Å²) in [5, 5.41) is 3.03. The van der Waals surface area contributed by atoms with Gasteiger partial charge in [0.15, 0.2) is 0 Å². The second-order valence-electron chi connectivity index (χ2n) is 5.48. The fourth-order valence-electron chi connectivity index (χ4n) is 3.05. The number of halogens is 2. The van der Waals surface area contributed by atoms with E-state index in [1.807, 2.05) is 0 Å². The summed E-state index contributed by atoms with van der Waals surface area (Å²) in [5.41, 5.74) is 0.113. The van der Waals surface area contributed by atoms with Crippen molar-refractivity contribution < 1.29 is 9.18 Å². The van der Waals surface area contributed by atoms with Gasteiger partial charge in [0.2, 0.25) is 0 Å². The Hall–Kier alpha value is -0.900. The van der Waals surface area contributed by atoms with Gasteiger partial charge in [0.05, 0.1) is 5.56 Å². The summed E-state index contributed by atoms with van der Waals surface area (Å²) >= 11 is 3.25. The van der Waals surface area contributed by atoms with Crippen LogP contribution in [0.2, 0.25) is 0 Å². The molecule has 0 bridgehead atoms. The Morgan fingerprint density at radius 2 is 2.10 bits per heavy atom. The van der Waals surface area contributed by atoms with Gasteiger partial charge in [-0.25, -0.2) is 4.39 Å². The van der Waals surface area contributed by atoms with Crippen molar-refractivity contribution in [2.75, 3.05) is 0 Å². The van der Waals surface area contributed by atoms with E-state index in [1.165, 1.54) is 25.3 Å². The second kappa shape index (κ2) is 7.21. The molecule has 1 aromatic carbocycles. The molecule has 0 aromatic heterocycles. The molecule has 1 aliphatic carbocycles. The van der Waals surface area contributed by atoms with E-state index < -0.39 is 5.82 Å². The highest BCUT2D eigenvalue weighted by atomic mass is 79.9. The summed E-state index contributed by atoms with van der Waals surface area (Å²) in [4.78, 5) is 12.3. The van der Waals surface area contributed by atoms with Crippen LogP contribution < -0.4 is 5.32 Å². The van der Waals surface area contributed by atoms with Crippen LogP contribution in [0.4, 0.5) is 4.39 Å². The predicted octanol–water partition coefficient (Wildman–Crippen LogP) is 4.68. The molecular formula is C16H21BrFNO. The molecule has 2 rings (SSSR count). The number of hydrogen-bond donors (Lipinski definition) is 1. The summed E-state index contributed by atoms with van der Waals surface area (Å²) in [5.74, 6) is -0.258. The summed E-state index contributed by atoms with van der Waals surface area (Å²) in [6.45, 7) is 2.08. The van der Waals surface area contributed by atoms with Crippen LogP contribution in [0.3, 0.4) is 0 Å². The number of rotatable bonds is 4. The largest absolute Gasteiger partial charge is 0.349 e. The molecule has 0 heterocycles. The summed E-state index contributed by atoms with van der Waals surface area (Å²) in [6, 6.07) is 4.75. The minimum absolute atomic E-state index is 0.113. The normalized spacial score (nSPS) is 17.8. The second-order valence-corrected chi connectivity index (χ2v) is 6.34. The lowest BCUT2D eigenvalue weighted by Crippen LogP contribution is -2.41. The van der Waals surface area contributed by atoms with E-state index in [0.717, 1.165) is 19.3 Å². The molecule has 1 fully saturated rings. The van der Waals surface area contributed by atoms with Crippen molar-refractivity contribution in [1.82, 2.24) is 5.32 Å². The van der Waals surface area contributed by atoms with Crippen molar-refractivity contribution in [2.45, 2.75) is 51.5 Å². The first-order valence-electron chi connectivity index (χ1n) is 7.38. The number of carbonyl (C=O) groups is 1. The van der Waals surface area contributed by atoms with E-state index in [9.17, 15) is 9.18 Å². The van der Waals surface area contributed by atoms with E-state index in [-0.39, 0.29) is 17.5 Å². The van der Waals surface area contributed by atoms with E-state index in [1.54, 1.807) is 12.1 Å². The molecule has 1 unspecified atom stereocenters. The molecule has 4 heteroatoms. The number of nitrogens with one attached hydrogen (secondary N) is 1. The molecule has 0 radical (unpaired) electrons. The Morgan fingerprint density at radius 1 is 1.40 bits per heavy atom. The fraction of sp³-hybridized carbons (Fsp3) is 0.562. The first kappa shape index (κ1) is 15.5. The monoisotopic (exact) mass is 341 g/mol. The third kappa shape index (κ3) is 3.60. The van der Waals surface area contributed by atoms with Gasteiger partial charge >= 0.3 is 0 Å². The Balaban J connectivity index is 2.09. The van der Waals surface area contributed by atoms with Crippen molar-refractivity contribution >= 4 is 21.8 Å². The van der Waals surface area contributed by atoms with Gasteiger partial charge in [-0.05, 0) is 53.2 Å². The molecule has 1 amide bonds. The van der Waals surface area contributed by atoms with Gasteiger partial charge in [-0.1, -0.05) is 32.3 Å². The molecule has 0 aliphatic heterocycles. The van der Waals surface area contributed by atoms with E-state index >= 15 is 0 Å². The lowest BCUT2D eigenvalue weighted by atomic mass is 9.83. The summed E-state index contributed by atoms with van der Waals surface area (Å²) in [7, 11) is 0. The molecule has 20 heavy (non-hydrogen) atoms. The van der Waals surface area contributed by atoms with Gasteiger partial charge in [-0.2, -0.15) is 0 Å². The Bertz CT molecular complexity index is 451. The summed E-state index contributed by atoms with van der Waals surface area (Å²) < 4.78 is 14.3. The molecule has 1 N–H and O–H groups in total. The van der Waals surface area contributed by atoms with Crippen LogP contribution in [0.15, 0.2) is 22.7 Å². The first-order chi connectivity index (χ1) is 9.63. The zero-order chi connectivity index (χ0) is 14.5. The van der Waals surface area contributed by atoms with Gasteiger partial charge in [0, 0.05) is 10.5 Å². The zero-order valence-electron chi connectivity index (χ0n) is 11.8. The SMILES string of the molecule is CCC(NC(=O)c1c(F)cccc1Br)C1CCCCC1. The van der Waals surface area contributed by atoms with Gasteiger partial charge in [0.25, 0.3) is 5.91 Å². The predicted molar refractivity (Wildman–Crippen MR) is 82.2 cm³/mol. The van der Waals surface area contributed by atoms with Crippen molar-refractivity contribution in [2.24, 2.45) is 5.92 Å². The van der Waals surface area contributed by atoms with Gasteiger partial charge in [0.1, 0.15) is 5.82 Å². The third-order valence-corrected chi connectivity index (χ3v) is 4.83. The molecular weight excluding hydrogens is 321 g/mol. The zero-order valence-corrected chi connectivity index (χ0v) is 13.4. The summed E-state index contributed by atoms with van der Waals surface area (Å²) in [6.07, 6.45) is 6.98. The van der Waals surface area contributed by atoms with Crippen LogP contribution in [0.5, 0.6) is 0 Å². The molecule has 2 nitrogen and oxygen atoms in total. The molecule has 0 saturated heterocycles. The molecule has 0 spiro atoms. The highest BCUT2D eigenvalue weighted by Crippen LogP contribution is 2.28. The number of carbonyl (C=O) groups excluding carboxylic acids is 1. The van der Waals surface area contributed by atoms with Crippen molar-refractivity contribution in [1.29, 1.82) is 0 Å². The van der Waals surface area contributed by atoms with Crippen molar-refractivity contribution in [3.63, 3.8) is 0 Å². The molecule has 110 valence electrons. The van der Waals surface area contributed by atoms with Crippen LogP contribution in [-0.4, -0.2) is 11.9 Å². The van der Waals surface area contributed by atoms with E-state index in [4.69, 9.17) is 0 Å². The van der Waals surface area contributed by atoms with E-state index in [0.29, 0.717) is 10.4 Å². The minimum Gasteiger partial charge on any atom is -0.349 e. The highest BCUT2D eigenvalue weighted by molar-refractivity contribution is 9.10. The maximum Gasteiger partial charge on any atom is 0.255 e. The quantitative estimate of drug-likeness (QED) is 0.846. The van der Waals surface area contributed by atoms with E-state index in [2.05, 4.69) is 28.2 Å². The number of hydrogen-bond acceptors (Lipinski definition) is 1. The van der Waals surface area contributed by atoms with Crippen LogP contribution in [0.25, 0.3) is 0 Å². The third-order valence-electron chi connectivity index (χ3n) is 4.17. The Kier molecular flexibility index (Phi) is 5.58. The Morgan fingerprint density at radius 3 is 2.70 bits per heavy atom. The Labute approximate surface area is 128 Å². The maximum absolute atomic E-state index is 13.8. The average molecular weight is 342 g/mol. The standard InChI is InChI=1S/C16H21BrFNO/c1-2-14(11-7-4-3-5-8-11)19-16(20)15-12(17)9-6-10-13(15)18/h6,9-11,14H,2-5,7-8H2,1H3,(H,19,20). The number of benzene rings is 1. The molecule has 1 saturated carbocycles. The molecule has 1 aromatic rings. The van der Waals surface area contributed by atoms with Gasteiger partial charge < -0.3 is 5.32 Å². The van der Waals surface area contributed by atoms with Crippen LogP contribution in [0.1, 0.15) is 55.8 Å². The lowest BCUT2D eigenvalue weighted by Gasteiger charge is -2.30. The molecule has 1 aliphatic rings. The van der Waals surface area contributed by atoms with Gasteiger partial charge in [-0.15, -0.1) is 0 Å². The minimum atomic E-state index is -0.477. The van der Waals surface area contributed by atoms with Crippen LogP contribution in [0, 0.1) is 11.7 Å². The molecule has 1 atom stereocenters. The first-order valence-corrected chi connectivity index (χ1v) is 8.17. The smallest absolute Gasteiger partial charge is 0.255 e. The number of amides is 1. The fourth-order valence-corrected chi connectivity index (χ4v) is 3.57.